The molecule has 0 aliphatic carbocycles. The van der Waals surface area contributed by atoms with Gasteiger partial charge in [0.2, 0.25) is 0 Å². The average molecular weight is 276 g/mol. The number of aryl methyl sites for hydroxylation is 1. The monoisotopic (exact) mass is 275 g/mol. The number of anilines is 1. The van der Waals surface area contributed by atoms with Gasteiger partial charge in [-0.05, 0) is 55.2 Å². The van der Waals surface area contributed by atoms with Gasteiger partial charge < -0.3 is 10.8 Å². The summed E-state index contributed by atoms with van der Waals surface area (Å²) in [6.07, 6.45) is 1.43. The molecule has 0 aliphatic rings. The number of rotatable bonds is 4. The predicted octanol–water partition coefficient (Wildman–Crippen LogP) is 3.76. The molecule has 0 saturated heterocycles. The number of hydrogen-bond acceptors (Lipinski definition) is 2. The van der Waals surface area contributed by atoms with Crippen LogP contribution in [0, 0.1) is 0 Å². The van der Waals surface area contributed by atoms with E-state index in [4.69, 9.17) is 17.3 Å². The Balaban J connectivity index is 2.07. The summed E-state index contributed by atoms with van der Waals surface area (Å²) < 4.78 is 0. The summed E-state index contributed by atoms with van der Waals surface area (Å²) in [6.45, 7) is 1.82. The van der Waals surface area contributed by atoms with E-state index in [1.54, 1.807) is 6.07 Å². The molecule has 0 aromatic heterocycles. The van der Waals surface area contributed by atoms with Crippen molar-refractivity contribution in [3.8, 4) is 0 Å². The van der Waals surface area contributed by atoms with E-state index in [0.29, 0.717) is 11.4 Å². The van der Waals surface area contributed by atoms with Crippen LogP contribution in [0.5, 0.6) is 0 Å². The first-order chi connectivity index (χ1) is 8.97. The van der Waals surface area contributed by atoms with Crippen LogP contribution < -0.4 is 5.73 Å². The minimum Gasteiger partial charge on any atom is -0.399 e. The van der Waals surface area contributed by atoms with Crippen molar-refractivity contribution in [3.05, 3.63) is 64.7 Å². The van der Waals surface area contributed by atoms with Crippen LogP contribution in [0.25, 0.3) is 0 Å². The molecule has 0 unspecified atom stereocenters. The molecule has 19 heavy (non-hydrogen) atoms. The number of nitrogen functional groups attached to an aromatic ring is 1. The molecule has 3 heteroatoms. The van der Waals surface area contributed by atoms with Crippen molar-refractivity contribution in [1.29, 1.82) is 0 Å². The first kappa shape index (κ1) is 13.9. The number of halogens is 1. The fourth-order valence-electron chi connectivity index (χ4n) is 2.04. The Bertz CT molecular complexity index is 549. The molecule has 2 aromatic rings. The van der Waals surface area contributed by atoms with Crippen molar-refractivity contribution in [1.82, 2.24) is 0 Å². The quantitative estimate of drug-likeness (QED) is 0.835. The molecule has 0 spiro atoms. The van der Waals surface area contributed by atoms with E-state index >= 15 is 0 Å². The van der Waals surface area contributed by atoms with Crippen molar-refractivity contribution in [2.75, 3.05) is 5.73 Å². The van der Waals surface area contributed by atoms with E-state index < -0.39 is 5.60 Å². The van der Waals surface area contributed by atoms with E-state index in [1.165, 1.54) is 0 Å². The van der Waals surface area contributed by atoms with Gasteiger partial charge in [0.15, 0.2) is 0 Å². The van der Waals surface area contributed by atoms with Gasteiger partial charge in [0.05, 0.1) is 5.60 Å². The number of nitrogens with two attached hydrogens (primary N) is 1. The maximum absolute atomic E-state index is 10.5. The Kier molecular flexibility index (Phi) is 4.13. The molecule has 2 aromatic carbocycles. The van der Waals surface area contributed by atoms with Crippen molar-refractivity contribution >= 4 is 17.3 Å². The Hall–Kier alpha value is -1.51. The van der Waals surface area contributed by atoms with Gasteiger partial charge in [0.25, 0.3) is 0 Å². The van der Waals surface area contributed by atoms with Crippen LogP contribution in [0.2, 0.25) is 5.02 Å². The van der Waals surface area contributed by atoms with Gasteiger partial charge in [-0.15, -0.1) is 0 Å². The van der Waals surface area contributed by atoms with Crippen molar-refractivity contribution in [2.24, 2.45) is 0 Å². The number of aliphatic hydroxyl groups is 1. The highest BCUT2D eigenvalue weighted by molar-refractivity contribution is 6.30. The van der Waals surface area contributed by atoms with Gasteiger partial charge in [-0.2, -0.15) is 0 Å². The van der Waals surface area contributed by atoms with Crippen LogP contribution in [-0.4, -0.2) is 5.11 Å². The molecule has 0 radical (unpaired) electrons. The molecule has 1 atom stereocenters. The summed E-state index contributed by atoms with van der Waals surface area (Å²) in [7, 11) is 0. The Morgan fingerprint density at radius 3 is 2.47 bits per heavy atom. The lowest BCUT2D eigenvalue weighted by Crippen LogP contribution is -2.21. The third kappa shape index (κ3) is 3.72. The molecule has 3 N–H and O–H groups in total. The molecule has 2 nitrogen and oxygen atoms in total. The second-order valence-corrected chi connectivity index (χ2v) is 5.46. The van der Waals surface area contributed by atoms with Gasteiger partial charge in [-0.1, -0.05) is 35.9 Å². The Labute approximate surface area is 118 Å². The zero-order chi connectivity index (χ0) is 13.9. The third-order valence-corrected chi connectivity index (χ3v) is 3.56. The van der Waals surface area contributed by atoms with Crippen LogP contribution in [0.1, 0.15) is 24.5 Å². The summed E-state index contributed by atoms with van der Waals surface area (Å²) in [6, 6.07) is 15.1. The van der Waals surface area contributed by atoms with Gasteiger partial charge in [-0.25, -0.2) is 0 Å². The topological polar surface area (TPSA) is 46.2 Å². The highest BCUT2D eigenvalue weighted by Crippen LogP contribution is 2.28. The summed E-state index contributed by atoms with van der Waals surface area (Å²) >= 11 is 5.96. The van der Waals surface area contributed by atoms with Crippen molar-refractivity contribution in [3.63, 3.8) is 0 Å². The highest BCUT2D eigenvalue weighted by Gasteiger charge is 2.22. The third-order valence-electron chi connectivity index (χ3n) is 3.33. The fourth-order valence-corrected chi connectivity index (χ4v) is 2.23. The normalized spacial score (nSPS) is 14.1. The molecular weight excluding hydrogens is 258 g/mol. The summed E-state index contributed by atoms with van der Waals surface area (Å²) in [5, 5.41) is 11.2. The lowest BCUT2D eigenvalue weighted by atomic mass is 9.89. The second kappa shape index (κ2) is 5.64. The lowest BCUT2D eigenvalue weighted by Gasteiger charge is -2.24. The van der Waals surface area contributed by atoms with E-state index in [2.05, 4.69) is 0 Å². The van der Waals surface area contributed by atoms with Gasteiger partial charge in [0.1, 0.15) is 0 Å². The molecule has 100 valence electrons. The summed E-state index contributed by atoms with van der Waals surface area (Å²) in [4.78, 5) is 0. The van der Waals surface area contributed by atoms with Gasteiger partial charge >= 0.3 is 0 Å². The first-order valence-corrected chi connectivity index (χ1v) is 6.68. The second-order valence-electron chi connectivity index (χ2n) is 5.03. The van der Waals surface area contributed by atoms with E-state index in [0.717, 1.165) is 23.2 Å². The van der Waals surface area contributed by atoms with Gasteiger partial charge in [-0.3, -0.25) is 0 Å². The number of benzene rings is 2. The summed E-state index contributed by atoms with van der Waals surface area (Å²) in [5.41, 5.74) is 7.53. The van der Waals surface area contributed by atoms with Crippen LogP contribution in [0.15, 0.2) is 48.5 Å². The maximum atomic E-state index is 10.5. The lowest BCUT2D eigenvalue weighted by molar-refractivity contribution is 0.0481. The Morgan fingerprint density at radius 1 is 1.16 bits per heavy atom. The largest absolute Gasteiger partial charge is 0.399 e. The molecule has 0 bridgehead atoms. The predicted molar refractivity (Wildman–Crippen MR) is 80.2 cm³/mol. The summed E-state index contributed by atoms with van der Waals surface area (Å²) in [5.74, 6) is 0. The molecule has 0 amide bonds. The smallest absolute Gasteiger partial charge is 0.0872 e. The molecule has 0 heterocycles. The highest BCUT2D eigenvalue weighted by atomic mass is 35.5. The minimum absolute atomic E-state index is 0.636. The van der Waals surface area contributed by atoms with Gasteiger partial charge in [0, 0.05) is 10.7 Å². The van der Waals surface area contributed by atoms with Crippen molar-refractivity contribution in [2.45, 2.75) is 25.4 Å². The maximum Gasteiger partial charge on any atom is 0.0872 e. The standard InChI is InChI=1S/C16H18ClNO/c1-16(19,13-3-2-4-14(17)11-13)10-9-12-5-7-15(18)8-6-12/h2-8,11,19H,9-10,18H2,1H3/t16-/m1/s1. The molecule has 0 fully saturated rings. The van der Waals surface area contributed by atoms with Crippen LogP contribution in [0.4, 0.5) is 5.69 Å². The molecular formula is C16H18ClNO. The SMILES string of the molecule is C[C@@](O)(CCc1ccc(N)cc1)c1cccc(Cl)c1. The van der Waals surface area contributed by atoms with E-state index in [9.17, 15) is 5.11 Å². The molecule has 0 saturated carbocycles. The molecule has 0 aliphatic heterocycles. The number of hydrogen-bond donors (Lipinski definition) is 2. The van der Waals surface area contributed by atoms with Crippen LogP contribution in [0.3, 0.4) is 0 Å². The Morgan fingerprint density at radius 2 is 1.84 bits per heavy atom. The van der Waals surface area contributed by atoms with Crippen LogP contribution >= 0.6 is 11.6 Å². The van der Waals surface area contributed by atoms with E-state index in [-0.39, 0.29) is 0 Å². The zero-order valence-electron chi connectivity index (χ0n) is 10.9. The zero-order valence-corrected chi connectivity index (χ0v) is 11.7. The first-order valence-electron chi connectivity index (χ1n) is 6.30. The van der Waals surface area contributed by atoms with Crippen molar-refractivity contribution < 1.29 is 5.11 Å². The minimum atomic E-state index is -0.883. The average Bonchev–Trinajstić information content (AvgIpc) is 2.38. The molecule has 2 rings (SSSR count). The van der Waals surface area contributed by atoms with Crippen LogP contribution in [-0.2, 0) is 12.0 Å². The van der Waals surface area contributed by atoms with E-state index in [1.807, 2.05) is 49.4 Å². The fraction of sp³-hybridized carbons (Fsp3) is 0.250.